The maximum absolute atomic E-state index is 8.93. The number of rotatable bonds is 8. The van der Waals surface area contributed by atoms with E-state index in [9.17, 15) is 0 Å². The van der Waals surface area contributed by atoms with E-state index in [2.05, 4.69) is 62.9 Å². The Morgan fingerprint density at radius 3 is 2.33 bits per heavy atom. The number of hydrogen-bond donors (Lipinski definition) is 1. The zero-order chi connectivity index (χ0) is 15.8. The van der Waals surface area contributed by atoms with Crippen molar-refractivity contribution in [2.24, 2.45) is 11.7 Å². The molecule has 0 saturated heterocycles. The molecule has 0 aromatic heterocycles. The predicted octanol–water partition coefficient (Wildman–Crippen LogP) is 3.65. The number of hydrogen-bond acceptors (Lipinski definition) is 3. The third-order valence-electron chi connectivity index (χ3n) is 3.80. The standard InChI is InChI=1S/C18H29N3/c1-5-17(20)18(16-9-7-15(4)8-10-16)21(12-6-11-19)13-14(2)3/h7-10,14,17-18H,5-6,12-13,20H2,1-4H3. The average Bonchev–Trinajstić information content (AvgIpc) is 2.46. The Morgan fingerprint density at radius 2 is 1.86 bits per heavy atom. The summed E-state index contributed by atoms with van der Waals surface area (Å²) in [5.74, 6) is 0.556. The Morgan fingerprint density at radius 1 is 1.24 bits per heavy atom. The molecular weight excluding hydrogens is 258 g/mol. The molecule has 0 bridgehead atoms. The Kier molecular flexibility index (Phi) is 7.42. The molecule has 116 valence electrons. The van der Waals surface area contributed by atoms with Crippen LogP contribution in [0.5, 0.6) is 0 Å². The number of nitrogens with zero attached hydrogens (tertiary/aromatic N) is 2. The van der Waals surface area contributed by atoms with Crippen molar-refractivity contribution in [3.63, 3.8) is 0 Å². The van der Waals surface area contributed by atoms with Crippen LogP contribution in [-0.4, -0.2) is 24.0 Å². The van der Waals surface area contributed by atoms with E-state index >= 15 is 0 Å². The first-order valence-electron chi connectivity index (χ1n) is 7.92. The topological polar surface area (TPSA) is 53.0 Å². The van der Waals surface area contributed by atoms with Crippen LogP contribution in [-0.2, 0) is 0 Å². The summed E-state index contributed by atoms with van der Waals surface area (Å²) in [6.07, 6.45) is 1.48. The molecule has 0 heterocycles. The first-order chi connectivity index (χ1) is 9.99. The number of nitriles is 1. The Bertz CT molecular complexity index is 445. The normalized spacial score (nSPS) is 14.2. The summed E-state index contributed by atoms with van der Waals surface area (Å²) in [5.41, 5.74) is 8.93. The Balaban J connectivity index is 3.06. The van der Waals surface area contributed by atoms with E-state index in [-0.39, 0.29) is 12.1 Å². The maximum Gasteiger partial charge on any atom is 0.0635 e. The van der Waals surface area contributed by atoms with E-state index in [4.69, 9.17) is 11.0 Å². The molecule has 0 fully saturated rings. The van der Waals surface area contributed by atoms with Crippen molar-refractivity contribution < 1.29 is 0 Å². The quantitative estimate of drug-likeness (QED) is 0.794. The first-order valence-corrected chi connectivity index (χ1v) is 7.92. The highest BCUT2D eigenvalue weighted by Crippen LogP contribution is 2.26. The maximum atomic E-state index is 8.93. The summed E-state index contributed by atoms with van der Waals surface area (Å²) in [7, 11) is 0. The van der Waals surface area contributed by atoms with Crippen LogP contribution in [0.25, 0.3) is 0 Å². The van der Waals surface area contributed by atoms with E-state index in [1.165, 1.54) is 11.1 Å². The predicted molar refractivity (Wildman–Crippen MR) is 88.8 cm³/mol. The molecule has 0 aliphatic rings. The lowest BCUT2D eigenvalue weighted by Gasteiger charge is -2.36. The molecule has 2 atom stereocenters. The zero-order valence-corrected chi connectivity index (χ0v) is 13.8. The molecule has 21 heavy (non-hydrogen) atoms. The first kappa shape index (κ1) is 17.7. The van der Waals surface area contributed by atoms with E-state index in [0.29, 0.717) is 12.3 Å². The van der Waals surface area contributed by atoms with Gasteiger partial charge in [0.1, 0.15) is 0 Å². The van der Waals surface area contributed by atoms with Crippen LogP contribution >= 0.6 is 0 Å². The molecule has 0 saturated carbocycles. The molecule has 0 amide bonds. The lowest BCUT2D eigenvalue weighted by Crippen LogP contribution is -2.43. The van der Waals surface area contributed by atoms with Crippen LogP contribution in [0.2, 0.25) is 0 Å². The second kappa shape index (κ2) is 8.81. The fraction of sp³-hybridized carbons (Fsp3) is 0.611. The van der Waals surface area contributed by atoms with E-state index in [1.807, 2.05) is 0 Å². The van der Waals surface area contributed by atoms with Crippen LogP contribution in [0, 0.1) is 24.2 Å². The van der Waals surface area contributed by atoms with Gasteiger partial charge >= 0.3 is 0 Å². The summed E-state index contributed by atoms with van der Waals surface area (Å²) < 4.78 is 0. The molecule has 1 rings (SSSR count). The van der Waals surface area contributed by atoms with Gasteiger partial charge in [-0.1, -0.05) is 50.6 Å². The largest absolute Gasteiger partial charge is 0.326 e. The van der Waals surface area contributed by atoms with Crippen molar-refractivity contribution in [3.05, 3.63) is 35.4 Å². The van der Waals surface area contributed by atoms with Gasteiger partial charge in [0.2, 0.25) is 0 Å². The zero-order valence-electron chi connectivity index (χ0n) is 13.8. The molecule has 0 spiro atoms. The second-order valence-electron chi connectivity index (χ2n) is 6.22. The molecule has 3 nitrogen and oxygen atoms in total. The van der Waals surface area contributed by atoms with E-state index in [0.717, 1.165) is 19.5 Å². The third kappa shape index (κ3) is 5.49. The Labute approximate surface area is 129 Å². The summed E-state index contributed by atoms with van der Waals surface area (Å²) in [6.45, 7) is 10.4. The summed E-state index contributed by atoms with van der Waals surface area (Å²) in [5, 5.41) is 8.93. The van der Waals surface area contributed by atoms with Gasteiger partial charge in [-0.3, -0.25) is 4.90 Å². The minimum Gasteiger partial charge on any atom is -0.326 e. The Hall–Kier alpha value is -1.37. The molecule has 2 N–H and O–H groups in total. The van der Waals surface area contributed by atoms with Gasteiger partial charge < -0.3 is 5.73 Å². The lowest BCUT2D eigenvalue weighted by atomic mass is 9.94. The minimum absolute atomic E-state index is 0.0881. The molecule has 2 unspecified atom stereocenters. The van der Waals surface area contributed by atoms with Crippen molar-refractivity contribution in [3.8, 4) is 6.07 Å². The fourth-order valence-corrected chi connectivity index (χ4v) is 2.72. The number of benzene rings is 1. The van der Waals surface area contributed by atoms with Gasteiger partial charge in [-0.15, -0.1) is 0 Å². The molecule has 3 heteroatoms. The fourth-order valence-electron chi connectivity index (χ4n) is 2.72. The van der Waals surface area contributed by atoms with Crippen molar-refractivity contribution >= 4 is 0 Å². The molecule has 1 aromatic rings. The average molecular weight is 287 g/mol. The van der Waals surface area contributed by atoms with Gasteiger partial charge in [0, 0.05) is 31.6 Å². The second-order valence-corrected chi connectivity index (χ2v) is 6.22. The van der Waals surface area contributed by atoms with Gasteiger partial charge in [0.15, 0.2) is 0 Å². The van der Waals surface area contributed by atoms with Gasteiger partial charge in [0.25, 0.3) is 0 Å². The van der Waals surface area contributed by atoms with Crippen LogP contribution in [0.4, 0.5) is 0 Å². The number of nitrogens with two attached hydrogens (primary N) is 1. The highest BCUT2D eigenvalue weighted by Gasteiger charge is 2.25. The monoisotopic (exact) mass is 287 g/mol. The molecule has 1 aromatic carbocycles. The van der Waals surface area contributed by atoms with Crippen LogP contribution in [0.15, 0.2) is 24.3 Å². The van der Waals surface area contributed by atoms with Crippen LogP contribution < -0.4 is 5.73 Å². The van der Waals surface area contributed by atoms with Gasteiger partial charge in [0.05, 0.1) is 6.07 Å². The smallest absolute Gasteiger partial charge is 0.0635 e. The minimum atomic E-state index is 0.0881. The van der Waals surface area contributed by atoms with Gasteiger partial charge in [-0.2, -0.15) is 5.26 Å². The van der Waals surface area contributed by atoms with Crippen LogP contribution in [0.3, 0.4) is 0 Å². The molecule has 0 aliphatic heterocycles. The highest BCUT2D eigenvalue weighted by molar-refractivity contribution is 5.25. The van der Waals surface area contributed by atoms with Crippen molar-refractivity contribution in [1.82, 2.24) is 4.90 Å². The summed E-state index contributed by atoms with van der Waals surface area (Å²) >= 11 is 0. The van der Waals surface area contributed by atoms with E-state index < -0.39 is 0 Å². The molecule has 0 aliphatic carbocycles. The summed E-state index contributed by atoms with van der Waals surface area (Å²) in [4.78, 5) is 2.38. The van der Waals surface area contributed by atoms with Gasteiger partial charge in [-0.25, -0.2) is 0 Å². The van der Waals surface area contributed by atoms with Gasteiger partial charge in [-0.05, 0) is 24.8 Å². The van der Waals surface area contributed by atoms with Crippen molar-refractivity contribution in [1.29, 1.82) is 5.26 Å². The van der Waals surface area contributed by atoms with Crippen molar-refractivity contribution in [2.75, 3.05) is 13.1 Å². The van der Waals surface area contributed by atoms with E-state index in [1.54, 1.807) is 0 Å². The highest BCUT2D eigenvalue weighted by atomic mass is 15.2. The van der Waals surface area contributed by atoms with Crippen molar-refractivity contribution in [2.45, 2.75) is 52.6 Å². The van der Waals surface area contributed by atoms with Crippen LogP contribution in [0.1, 0.15) is 50.8 Å². The number of aryl methyl sites for hydroxylation is 1. The summed E-state index contributed by atoms with van der Waals surface area (Å²) in [6, 6.07) is 11.2. The SMILES string of the molecule is CCC(N)C(c1ccc(C)cc1)N(CCC#N)CC(C)C. The lowest BCUT2D eigenvalue weighted by molar-refractivity contribution is 0.154. The molecular formula is C18H29N3. The third-order valence-corrected chi connectivity index (χ3v) is 3.80. The molecule has 0 radical (unpaired) electrons.